The van der Waals surface area contributed by atoms with Gasteiger partial charge in [-0.1, -0.05) is 6.07 Å². The predicted octanol–water partition coefficient (Wildman–Crippen LogP) is 2.02. The quantitative estimate of drug-likeness (QED) is 0.732. The molecule has 4 nitrogen and oxygen atoms in total. The molecule has 0 aromatic heterocycles. The number of carbonyl (C=O) groups is 1. The Hall–Kier alpha value is -1.62. The van der Waals surface area contributed by atoms with Crippen molar-refractivity contribution in [3.63, 3.8) is 0 Å². The standard InChI is InChI=1S/C13H19FN2O2/c1-3-15-12-10(6-4-7-11(12)14)13(17)16-8-5-9-18-2/h4,6-7,15H,3,5,8-9H2,1-2H3,(H,16,17). The van der Waals surface area contributed by atoms with Gasteiger partial charge in [-0.25, -0.2) is 4.39 Å². The summed E-state index contributed by atoms with van der Waals surface area (Å²) >= 11 is 0. The van der Waals surface area contributed by atoms with E-state index in [1.165, 1.54) is 12.1 Å². The van der Waals surface area contributed by atoms with Crippen LogP contribution in [0.5, 0.6) is 0 Å². The zero-order valence-electron chi connectivity index (χ0n) is 10.8. The Morgan fingerprint density at radius 1 is 1.44 bits per heavy atom. The molecule has 0 bridgehead atoms. The lowest BCUT2D eigenvalue weighted by Gasteiger charge is -2.11. The minimum atomic E-state index is -0.415. The second kappa shape index (κ2) is 7.66. The first-order valence-corrected chi connectivity index (χ1v) is 6.00. The van der Waals surface area contributed by atoms with Crippen molar-refractivity contribution in [1.29, 1.82) is 0 Å². The lowest BCUT2D eigenvalue weighted by Crippen LogP contribution is -2.26. The number of carbonyl (C=O) groups excluding carboxylic acids is 1. The summed E-state index contributed by atoms with van der Waals surface area (Å²) < 4.78 is 18.5. The molecule has 0 atom stereocenters. The van der Waals surface area contributed by atoms with Crippen LogP contribution in [0.15, 0.2) is 18.2 Å². The predicted molar refractivity (Wildman–Crippen MR) is 69.4 cm³/mol. The molecule has 0 aliphatic heterocycles. The van der Waals surface area contributed by atoms with E-state index in [0.717, 1.165) is 6.42 Å². The first-order valence-electron chi connectivity index (χ1n) is 6.00. The van der Waals surface area contributed by atoms with Crippen molar-refractivity contribution < 1.29 is 13.9 Å². The van der Waals surface area contributed by atoms with Crippen LogP contribution < -0.4 is 10.6 Å². The summed E-state index contributed by atoms with van der Waals surface area (Å²) in [5.41, 5.74) is 0.582. The van der Waals surface area contributed by atoms with Crippen LogP contribution in [0.2, 0.25) is 0 Å². The highest BCUT2D eigenvalue weighted by Crippen LogP contribution is 2.19. The van der Waals surface area contributed by atoms with Gasteiger partial charge in [0, 0.05) is 26.8 Å². The fourth-order valence-electron chi connectivity index (χ4n) is 1.58. The second-order valence-corrected chi connectivity index (χ2v) is 3.79. The molecule has 0 aliphatic carbocycles. The topological polar surface area (TPSA) is 50.4 Å². The Morgan fingerprint density at radius 3 is 2.89 bits per heavy atom. The summed E-state index contributed by atoms with van der Waals surface area (Å²) in [6.45, 7) is 3.51. The maximum absolute atomic E-state index is 13.6. The van der Waals surface area contributed by atoms with Crippen molar-refractivity contribution in [2.75, 3.05) is 32.1 Å². The number of hydrogen-bond acceptors (Lipinski definition) is 3. The Kier molecular flexibility index (Phi) is 6.14. The van der Waals surface area contributed by atoms with E-state index in [2.05, 4.69) is 10.6 Å². The average molecular weight is 254 g/mol. The SMILES string of the molecule is CCNc1c(F)cccc1C(=O)NCCCOC. The van der Waals surface area contributed by atoms with E-state index in [9.17, 15) is 9.18 Å². The molecule has 0 unspecified atom stereocenters. The molecule has 0 saturated carbocycles. The van der Waals surface area contributed by atoms with Gasteiger partial charge in [0.1, 0.15) is 5.82 Å². The minimum absolute atomic E-state index is 0.254. The second-order valence-electron chi connectivity index (χ2n) is 3.79. The molecule has 0 saturated heterocycles. The van der Waals surface area contributed by atoms with Crippen LogP contribution >= 0.6 is 0 Å². The number of benzene rings is 1. The van der Waals surface area contributed by atoms with Gasteiger partial charge >= 0.3 is 0 Å². The largest absolute Gasteiger partial charge is 0.385 e. The number of amides is 1. The maximum Gasteiger partial charge on any atom is 0.253 e. The molecule has 1 aromatic carbocycles. The summed E-state index contributed by atoms with van der Waals surface area (Å²) in [7, 11) is 1.61. The highest BCUT2D eigenvalue weighted by atomic mass is 19.1. The molecule has 2 N–H and O–H groups in total. The molecule has 0 fully saturated rings. The lowest BCUT2D eigenvalue weighted by atomic mass is 10.1. The Labute approximate surface area is 107 Å². The molecule has 0 aliphatic rings. The van der Waals surface area contributed by atoms with Crippen LogP contribution in [-0.4, -0.2) is 32.7 Å². The molecule has 1 aromatic rings. The van der Waals surface area contributed by atoms with Gasteiger partial charge in [0.2, 0.25) is 0 Å². The normalized spacial score (nSPS) is 10.2. The molecule has 0 radical (unpaired) electrons. The highest BCUT2D eigenvalue weighted by Gasteiger charge is 2.13. The molecule has 0 spiro atoms. The van der Waals surface area contributed by atoms with Crippen molar-refractivity contribution in [2.45, 2.75) is 13.3 Å². The third-order valence-corrected chi connectivity index (χ3v) is 2.42. The fourth-order valence-corrected chi connectivity index (χ4v) is 1.58. The van der Waals surface area contributed by atoms with Gasteiger partial charge in [0.05, 0.1) is 11.3 Å². The Morgan fingerprint density at radius 2 is 2.22 bits per heavy atom. The third kappa shape index (κ3) is 4.00. The van der Waals surface area contributed by atoms with Crippen LogP contribution in [-0.2, 0) is 4.74 Å². The van der Waals surface area contributed by atoms with Crippen molar-refractivity contribution >= 4 is 11.6 Å². The molecule has 5 heteroatoms. The van der Waals surface area contributed by atoms with E-state index < -0.39 is 5.82 Å². The van der Waals surface area contributed by atoms with Crippen LogP contribution in [0.4, 0.5) is 10.1 Å². The van der Waals surface area contributed by atoms with Crippen molar-refractivity contribution in [2.24, 2.45) is 0 Å². The summed E-state index contributed by atoms with van der Waals surface area (Å²) in [4.78, 5) is 11.9. The van der Waals surface area contributed by atoms with Gasteiger partial charge in [-0.15, -0.1) is 0 Å². The van der Waals surface area contributed by atoms with Gasteiger partial charge in [-0.2, -0.15) is 0 Å². The van der Waals surface area contributed by atoms with Gasteiger partial charge < -0.3 is 15.4 Å². The van der Waals surface area contributed by atoms with Crippen LogP contribution in [0.3, 0.4) is 0 Å². The number of hydrogen-bond donors (Lipinski definition) is 2. The zero-order valence-corrected chi connectivity index (χ0v) is 10.8. The molecule has 18 heavy (non-hydrogen) atoms. The summed E-state index contributed by atoms with van der Waals surface area (Å²) in [6.07, 6.45) is 0.730. The van der Waals surface area contributed by atoms with Crippen molar-refractivity contribution in [1.82, 2.24) is 5.32 Å². The zero-order chi connectivity index (χ0) is 13.4. The maximum atomic E-state index is 13.6. The molecular formula is C13H19FN2O2. The molecule has 0 heterocycles. The van der Waals surface area contributed by atoms with Gasteiger partial charge in [-0.3, -0.25) is 4.79 Å². The number of nitrogens with one attached hydrogen (secondary N) is 2. The fraction of sp³-hybridized carbons (Fsp3) is 0.462. The lowest BCUT2D eigenvalue weighted by molar-refractivity contribution is 0.0949. The monoisotopic (exact) mass is 254 g/mol. The number of rotatable bonds is 7. The number of ether oxygens (including phenoxy) is 1. The molecule has 100 valence electrons. The van der Waals surface area contributed by atoms with E-state index in [1.807, 2.05) is 6.92 Å². The first kappa shape index (κ1) is 14.4. The van der Waals surface area contributed by atoms with Gasteiger partial charge in [0.25, 0.3) is 5.91 Å². The summed E-state index contributed by atoms with van der Waals surface area (Å²) in [6, 6.07) is 4.46. The smallest absolute Gasteiger partial charge is 0.253 e. The Balaban J connectivity index is 2.69. The van der Waals surface area contributed by atoms with Gasteiger partial charge in [0.15, 0.2) is 0 Å². The number of para-hydroxylation sites is 1. The number of anilines is 1. The highest BCUT2D eigenvalue weighted by molar-refractivity contribution is 5.99. The minimum Gasteiger partial charge on any atom is -0.385 e. The van der Waals surface area contributed by atoms with Crippen molar-refractivity contribution in [3.05, 3.63) is 29.6 Å². The number of methoxy groups -OCH3 is 1. The van der Waals surface area contributed by atoms with E-state index in [1.54, 1.807) is 13.2 Å². The van der Waals surface area contributed by atoms with Crippen LogP contribution in [0.1, 0.15) is 23.7 Å². The average Bonchev–Trinajstić information content (AvgIpc) is 2.37. The molecule has 1 amide bonds. The van der Waals surface area contributed by atoms with Gasteiger partial charge in [-0.05, 0) is 25.5 Å². The van der Waals surface area contributed by atoms with Crippen molar-refractivity contribution in [3.8, 4) is 0 Å². The number of halogens is 1. The summed E-state index contributed by atoms with van der Waals surface area (Å²) in [5.74, 6) is -0.692. The third-order valence-electron chi connectivity index (χ3n) is 2.42. The van der Waals surface area contributed by atoms with E-state index >= 15 is 0 Å². The van der Waals surface area contributed by atoms with Crippen LogP contribution in [0.25, 0.3) is 0 Å². The first-order chi connectivity index (χ1) is 8.70. The summed E-state index contributed by atoms with van der Waals surface area (Å²) in [5, 5.41) is 5.60. The Bertz CT molecular complexity index is 397. The molecular weight excluding hydrogens is 235 g/mol. The van der Waals surface area contributed by atoms with E-state index in [4.69, 9.17) is 4.74 Å². The van der Waals surface area contributed by atoms with Crippen LogP contribution in [0, 0.1) is 5.82 Å². The van der Waals surface area contributed by atoms with E-state index in [0.29, 0.717) is 25.3 Å². The van der Waals surface area contributed by atoms with E-state index in [-0.39, 0.29) is 11.6 Å². The molecule has 1 rings (SSSR count).